The third-order valence-electron chi connectivity index (χ3n) is 9.71. The molecule has 6 rings (SSSR count). The second-order valence-corrected chi connectivity index (χ2v) is 13.3. The Morgan fingerprint density at radius 1 is 1.09 bits per heavy atom. The summed E-state index contributed by atoms with van der Waals surface area (Å²) in [6.07, 6.45) is 3.37. The first kappa shape index (κ1) is 31.9. The smallest absolute Gasteiger partial charge is 0.257 e. The predicted octanol–water partition coefficient (Wildman–Crippen LogP) is 6.17. The first-order valence-electron chi connectivity index (χ1n) is 15.3. The number of carbonyl (C=O) groups excluding carboxylic acids is 2. The summed E-state index contributed by atoms with van der Waals surface area (Å²) >= 11 is 12.3. The van der Waals surface area contributed by atoms with Gasteiger partial charge in [-0.15, -0.1) is 0 Å². The van der Waals surface area contributed by atoms with Crippen molar-refractivity contribution < 1.29 is 28.9 Å². The van der Waals surface area contributed by atoms with Crippen LogP contribution in [0.3, 0.4) is 0 Å². The predicted molar refractivity (Wildman–Crippen MR) is 168 cm³/mol. The van der Waals surface area contributed by atoms with E-state index in [4.69, 9.17) is 27.9 Å². The molecule has 11 heteroatoms. The third kappa shape index (κ3) is 5.63. The first-order chi connectivity index (χ1) is 21.5. The SMILES string of the molecule is CCC(O)(c1cc(F)c2c(c1)C(=O)N(Cc1ncc(Cl)cc1O)C2(O[C@H]1CCC(=O)C1)c1ccc(Cl)cc1)C1CCN(C)CC1. The molecule has 0 radical (unpaired) electrons. The Morgan fingerprint density at radius 3 is 2.42 bits per heavy atom. The first-order valence-corrected chi connectivity index (χ1v) is 16.1. The van der Waals surface area contributed by atoms with Crippen LogP contribution < -0.4 is 0 Å². The van der Waals surface area contributed by atoms with E-state index in [1.165, 1.54) is 23.2 Å². The van der Waals surface area contributed by atoms with E-state index < -0.39 is 29.2 Å². The molecule has 0 bridgehead atoms. The number of ketones is 1. The summed E-state index contributed by atoms with van der Waals surface area (Å²) in [6, 6.07) is 10.8. The lowest BCUT2D eigenvalue weighted by atomic mass is 9.73. The lowest BCUT2D eigenvalue weighted by Gasteiger charge is -2.42. The van der Waals surface area contributed by atoms with Crippen LogP contribution in [-0.2, 0) is 27.4 Å². The van der Waals surface area contributed by atoms with Crippen LogP contribution in [0.5, 0.6) is 5.75 Å². The Balaban J connectivity index is 1.56. The zero-order chi connectivity index (χ0) is 32.1. The van der Waals surface area contributed by atoms with Gasteiger partial charge < -0.3 is 19.8 Å². The standard InChI is InChI=1S/C34H36Cl2FN3O5/c1-3-33(44,20-10-12-39(2)13-11-20)22-14-27-31(28(37)15-22)34(21-4-6-23(35)7-5-21,45-26-9-8-25(41)17-26)40(32(27)43)19-29-30(42)16-24(36)18-38-29/h4-7,14-16,18,20,26,42,44H,3,8-13,17,19H2,1-2H3/t26-,33?,34?/m0/s1. The van der Waals surface area contributed by atoms with Crippen molar-refractivity contribution >= 4 is 34.9 Å². The van der Waals surface area contributed by atoms with Crippen LogP contribution in [0.4, 0.5) is 4.39 Å². The fourth-order valence-electron chi connectivity index (χ4n) is 7.21. The Bertz CT molecular complexity index is 1630. The number of hydrogen-bond donors (Lipinski definition) is 2. The average molecular weight is 657 g/mol. The molecule has 2 fully saturated rings. The van der Waals surface area contributed by atoms with Crippen molar-refractivity contribution in [1.82, 2.24) is 14.8 Å². The minimum atomic E-state index is -1.83. The Hall–Kier alpha value is -3.08. The van der Waals surface area contributed by atoms with Gasteiger partial charge in [-0.1, -0.05) is 42.3 Å². The highest BCUT2D eigenvalue weighted by molar-refractivity contribution is 6.30. The van der Waals surface area contributed by atoms with Crippen LogP contribution in [0.2, 0.25) is 10.0 Å². The van der Waals surface area contributed by atoms with Crippen LogP contribution >= 0.6 is 23.2 Å². The molecule has 3 aromatic rings. The van der Waals surface area contributed by atoms with Crippen LogP contribution in [0.25, 0.3) is 0 Å². The minimum absolute atomic E-state index is 0.0151. The Labute approximate surface area is 271 Å². The topological polar surface area (TPSA) is 103 Å². The van der Waals surface area contributed by atoms with E-state index in [1.807, 2.05) is 14.0 Å². The Morgan fingerprint density at radius 2 is 1.80 bits per heavy atom. The number of amides is 1. The van der Waals surface area contributed by atoms with Gasteiger partial charge in [-0.25, -0.2) is 4.39 Å². The summed E-state index contributed by atoms with van der Waals surface area (Å²) in [5.41, 5.74) is -2.30. The van der Waals surface area contributed by atoms with Crippen molar-refractivity contribution in [3.8, 4) is 5.75 Å². The number of aliphatic hydroxyl groups is 1. The number of piperidine rings is 1. The molecular formula is C34H36Cl2FN3O5. The average Bonchev–Trinajstić information content (AvgIpc) is 3.53. The largest absolute Gasteiger partial charge is 0.506 e. The maximum atomic E-state index is 16.9. The maximum Gasteiger partial charge on any atom is 0.257 e. The van der Waals surface area contributed by atoms with Crippen LogP contribution in [-0.4, -0.2) is 62.9 Å². The fourth-order valence-corrected chi connectivity index (χ4v) is 7.49. The molecule has 1 saturated carbocycles. The van der Waals surface area contributed by atoms with Gasteiger partial charge in [0.25, 0.3) is 5.91 Å². The number of Topliss-reactive ketones (excluding diaryl/α,β-unsaturated/α-hetero) is 1. The third-order valence-corrected chi connectivity index (χ3v) is 10.2. The Kier molecular flexibility index (Phi) is 8.69. The second kappa shape index (κ2) is 12.3. The molecule has 1 saturated heterocycles. The molecule has 1 aromatic heterocycles. The zero-order valence-electron chi connectivity index (χ0n) is 25.2. The van der Waals surface area contributed by atoms with E-state index in [0.29, 0.717) is 35.4 Å². The number of benzene rings is 2. The van der Waals surface area contributed by atoms with Crippen molar-refractivity contribution in [1.29, 1.82) is 0 Å². The van der Waals surface area contributed by atoms with E-state index >= 15 is 4.39 Å². The molecule has 45 heavy (non-hydrogen) atoms. The number of likely N-dealkylation sites (tertiary alicyclic amines) is 1. The summed E-state index contributed by atoms with van der Waals surface area (Å²) in [5.74, 6) is -1.63. The number of hydrogen-bond acceptors (Lipinski definition) is 7. The molecular weight excluding hydrogens is 620 g/mol. The summed E-state index contributed by atoms with van der Waals surface area (Å²) in [5, 5.41) is 23.5. The van der Waals surface area contributed by atoms with Gasteiger partial charge in [0.2, 0.25) is 5.72 Å². The number of carbonyl (C=O) groups is 2. The molecule has 2 aromatic carbocycles. The number of fused-ring (bicyclic) bond motifs is 1. The lowest BCUT2D eigenvalue weighted by molar-refractivity contribution is -0.149. The number of halogens is 3. The van der Waals surface area contributed by atoms with Crippen molar-refractivity contribution in [3.05, 3.63) is 92.5 Å². The summed E-state index contributed by atoms with van der Waals surface area (Å²) in [7, 11) is 2.03. The van der Waals surface area contributed by atoms with E-state index in [-0.39, 0.29) is 52.3 Å². The normalized spacial score (nSPS) is 23.9. The summed E-state index contributed by atoms with van der Waals surface area (Å²) < 4.78 is 23.7. The number of aromatic nitrogens is 1. The molecule has 2 N–H and O–H groups in total. The molecule has 8 nitrogen and oxygen atoms in total. The van der Waals surface area contributed by atoms with Crippen LogP contribution in [0, 0.1) is 11.7 Å². The van der Waals surface area contributed by atoms with Gasteiger partial charge in [0, 0.05) is 35.7 Å². The highest BCUT2D eigenvalue weighted by Crippen LogP contribution is 2.51. The van der Waals surface area contributed by atoms with Gasteiger partial charge in [0.05, 0.1) is 34.4 Å². The monoisotopic (exact) mass is 655 g/mol. The molecule has 238 valence electrons. The van der Waals surface area contributed by atoms with Gasteiger partial charge >= 0.3 is 0 Å². The molecule has 0 spiro atoms. The number of nitrogens with zero attached hydrogens (tertiary/aromatic N) is 3. The number of rotatable bonds is 8. The van der Waals surface area contributed by atoms with E-state index in [9.17, 15) is 19.8 Å². The van der Waals surface area contributed by atoms with E-state index in [0.717, 1.165) is 25.9 Å². The lowest BCUT2D eigenvalue weighted by Crippen LogP contribution is -2.48. The fraction of sp³-hybridized carbons (Fsp3) is 0.441. The zero-order valence-corrected chi connectivity index (χ0v) is 26.7. The molecule has 3 atom stereocenters. The second-order valence-electron chi connectivity index (χ2n) is 12.4. The molecule has 3 heterocycles. The van der Waals surface area contributed by atoms with Crippen LogP contribution in [0.1, 0.15) is 78.2 Å². The molecule has 2 unspecified atom stereocenters. The number of aromatic hydroxyl groups is 1. The summed E-state index contributed by atoms with van der Waals surface area (Å²) in [6.45, 7) is 3.21. The highest BCUT2D eigenvalue weighted by atomic mass is 35.5. The molecule has 2 aliphatic heterocycles. The van der Waals surface area contributed by atoms with Crippen molar-refractivity contribution in [2.75, 3.05) is 20.1 Å². The highest BCUT2D eigenvalue weighted by Gasteiger charge is 2.56. The number of pyridine rings is 1. The van der Waals surface area contributed by atoms with Crippen LogP contribution in [0.15, 0.2) is 48.7 Å². The van der Waals surface area contributed by atoms with Crippen molar-refractivity contribution in [2.24, 2.45) is 5.92 Å². The van der Waals surface area contributed by atoms with Gasteiger partial charge in [0.1, 0.15) is 23.0 Å². The molecule has 3 aliphatic rings. The van der Waals surface area contributed by atoms with E-state index in [2.05, 4.69) is 9.88 Å². The van der Waals surface area contributed by atoms with Gasteiger partial charge in [-0.3, -0.25) is 19.5 Å². The van der Waals surface area contributed by atoms with Gasteiger partial charge in [-0.2, -0.15) is 0 Å². The van der Waals surface area contributed by atoms with E-state index in [1.54, 1.807) is 30.3 Å². The summed E-state index contributed by atoms with van der Waals surface area (Å²) in [4.78, 5) is 34.7. The molecule has 1 amide bonds. The van der Waals surface area contributed by atoms with Crippen molar-refractivity contribution in [2.45, 2.75) is 69.4 Å². The maximum absolute atomic E-state index is 16.9. The number of ether oxygens (including phenoxy) is 1. The minimum Gasteiger partial charge on any atom is -0.506 e. The van der Waals surface area contributed by atoms with Crippen molar-refractivity contribution in [3.63, 3.8) is 0 Å². The van der Waals surface area contributed by atoms with Gasteiger partial charge in [-0.05, 0) is 81.6 Å². The molecule has 1 aliphatic carbocycles. The van der Waals surface area contributed by atoms with Gasteiger partial charge in [0.15, 0.2) is 0 Å². The quantitative estimate of drug-likeness (QED) is 0.299.